The maximum absolute atomic E-state index is 13.1. The van der Waals surface area contributed by atoms with Crippen LogP contribution in [-0.4, -0.2) is 54.5 Å². The third-order valence-electron chi connectivity index (χ3n) is 7.36. The molecule has 36 heavy (non-hydrogen) atoms. The molecule has 0 aromatic heterocycles. The minimum absolute atomic E-state index is 0.00700. The highest BCUT2D eigenvalue weighted by Crippen LogP contribution is 2.50. The number of ether oxygens (including phenoxy) is 2. The van der Waals surface area contributed by atoms with Gasteiger partial charge in [-0.25, -0.2) is 0 Å². The lowest BCUT2D eigenvalue weighted by molar-refractivity contribution is -0.157. The highest BCUT2D eigenvalue weighted by Gasteiger charge is 2.53. The van der Waals surface area contributed by atoms with E-state index in [0.29, 0.717) is 24.2 Å². The Kier molecular flexibility index (Phi) is 7.89. The van der Waals surface area contributed by atoms with Crippen molar-refractivity contribution in [3.05, 3.63) is 78.4 Å². The molecule has 2 fully saturated rings. The Morgan fingerprint density at radius 3 is 2.58 bits per heavy atom. The second-order valence-electron chi connectivity index (χ2n) is 9.81. The summed E-state index contributed by atoms with van der Waals surface area (Å²) in [7, 11) is 0. The maximum Gasteiger partial charge on any atom is 0.308 e. The van der Waals surface area contributed by atoms with Crippen LogP contribution >= 0.6 is 0 Å². The molecule has 7 nitrogen and oxygen atoms in total. The van der Waals surface area contributed by atoms with Crippen LogP contribution in [-0.2, 0) is 19.7 Å². The van der Waals surface area contributed by atoms with E-state index in [1.54, 1.807) is 18.2 Å². The first-order chi connectivity index (χ1) is 17.3. The average Bonchev–Trinajstić information content (AvgIpc) is 2.84. The highest BCUT2D eigenvalue weighted by molar-refractivity contribution is 5.94. The molecule has 190 valence electrons. The van der Waals surface area contributed by atoms with Crippen LogP contribution in [0, 0.1) is 5.92 Å². The summed E-state index contributed by atoms with van der Waals surface area (Å²) in [6.07, 6.45) is 3.56. The number of hydrogen-bond donors (Lipinski definition) is 1. The van der Waals surface area contributed by atoms with Crippen molar-refractivity contribution in [2.24, 2.45) is 5.92 Å². The van der Waals surface area contributed by atoms with Gasteiger partial charge < -0.3 is 14.8 Å². The number of benzene rings is 2. The number of carbonyl (C=O) groups is 3. The van der Waals surface area contributed by atoms with Gasteiger partial charge in [-0.2, -0.15) is 0 Å². The first-order valence-corrected chi connectivity index (χ1v) is 12.5. The predicted molar refractivity (Wildman–Crippen MR) is 137 cm³/mol. The lowest BCUT2D eigenvalue weighted by Gasteiger charge is -2.55. The molecular weight excluding hydrogens is 456 g/mol. The van der Waals surface area contributed by atoms with Crippen molar-refractivity contribution in [2.75, 3.05) is 19.6 Å². The zero-order valence-corrected chi connectivity index (χ0v) is 20.9. The van der Waals surface area contributed by atoms with Crippen LogP contribution < -0.4 is 10.1 Å². The average molecular weight is 491 g/mol. The van der Waals surface area contributed by atoms with E-state index in [1.165, 1.54) is 13.8 Å². The monoisotopic (exact) mass is 490 g/mol. The van der Waals surface area contributed by atoms with Crippen molar-refractivity contribution >= 4 is 17.8 Å². The van der Waals surface area contributed by atoms with E-state index in [0.717, 1.165) is 31.6 Å². The largest absolute Gasteiger partial charge is 0.462 e. The number of rotatable bonds is 7. The highest BCUT2D eigenvalue weighted by atomic mass is 16.5. The molecule has 0 spiro atoms. The number of piperidine rings is 1. The molecule has 4 atom stereocenters. The smallest absolute Gasteiger partial charge is 0.308 e. The SMILES string of the molecule is C=CCN1CCC2(c3cccc(OC(C)=O)c3)C[C@@H](NC(=O)c3ccccc3)CC(OC(C)=O)C2C1. The fraction of sp³-hybridized carbons (Fsp3) is 0.414. The number of fused-ring (bicyclic) bond motifs is 1. The fourth-order valence-corrected chi connectivity index (χ4v) is 5.95. The van der Waals surface area contributed by atoms with E-state index >= 15 is 0 Å². The second-order valence-corrected chi connectivity index (χ2v) is 9.81. The number of nitrogens with one attached hydrogen (secondary N) is 1. The van der Waals surface area contributed by atoms with Gasteiger partial charge in [0.15, 0.2) is 0 Å². The summed E-state index contributed by atoms with van der Waals surface area (Å²) in [4.78, 5) is 39.2. The number of carbonyl (C=O) groups excluding carboxylic acids is 3. The van der Waals surface area contributed by atoms with Crippen molar-refractivity contribution in [3.63, 3.8) is 0 Å². The molecule has 2 aromatic rings. The van der Waals surface area contributed by atoms with Crippen LogP contribution in [0.15, 0.2) is 67.3 Å². The first-order valence-electron chi connectivity index (χ1n) is 12.5. The fourth-order valence-electron chi connectivity index (χ4n) is 5.95. The molecule has 4 rings (SSSR count). The standard InChI is InChI=1S/C29H34N2O5/c1-4-14-31-15-13-29(23-11-8-12-25(16-23)35-20(2)32)18-24(17-27(26(29)19-31)36-21(3)33)30-28(34)22-9-6-5-7-10-22/h4-12,16,24,26-27H,1,13-15,17-19H2,2-3H3,(H,30,34)/t24-,26?,27?,29?/m0/s1. The van der Waals surface area contributed by atoms with Gasteiger partial charge in [-0.1, -0.05) is 36.4 Å². The summed E-state index contributed by atoms with van der Waals surface area (Å²) in [5, 5.41) is 3.20. The number of likely N-dealkylation sites (tertiary alicyclic amines) is 1. The molecule has 1 aliphatic heterocycles. The molecule has 1 saturated heterocycles. The van der Waals surface area contributed by atoms with Crippen LogP contribution in [0.1, 0.15) is 49.0 Å². The lowest BCUT2D eigenvalue weighted by Crippen LogP contribution is -2.61. The zero-order valence-electron chi connectivity index (χ0n) is 20.9. The Morgan fingerprint density at radius 2 is 1.89 bits per heavy atom. The molecule has 0 bridgehead atoms. The normalized spacial score (nSPS) is 25.8. The molecule has 0 radical (unpaired) electrons. The van der Waals surface area contributed by atoms with Crippen LogP contribution in [0.4, 0.5) is 0 Å². The van der Waals surface area contributed by atoms with Crippen molar-refractivity contribution in [1.29, 1.82) is 0 Å². The van der Waals surface area contributed by atoms with Gasteiger partial charge in [0.1, 0.15) is 11.9 Å². The minimum Gasteiger partial charge on any atom is -0.462 e. The van der Waals surface area contributed by atoms with Gasteiger partial charge in [0.05, 0.1) is 0 Å². The van der Waals surface area contributed by atoms with Gasteiger partial charge >= 0.3 is 11.9 Å². The Bertz CT molecular complexity index is 1120. The second kappa shape index (κ2) is 11.1. The third-order valence-corrected chi connectivity index (χ3v) is 7.36. The third kappa shape index (κ3) is 5.68. The summed E-state index contributed by atoms with van der Waals surface area (Å²) in [6.45, 7) is 9.03. The summed E-state index contributed by atoms with van der Waals surface area (Å²) < 4.78 is 11.3. The van der Waals surface area contributed by atoms with Gasteiger partial charge in [-0.15, -0.1) is 6.58 Å². The number of hydrogen-bond acceptors (Lipinski definition) is 6. The van der Waals surface area contributed by atoms with Gasteiger partial charge in [-0.05, 0) is 49.2 Å². The molecule has 7 heteroatoms. The molecule has 1 N–H and O–H groups in total. The molecule has 2 aromatic carbocycles. The van der Waals surface area contributed by atoms with Gasteiger partial charge in [0.2, 0.25) is 0 Å². The van der Waals surface area contributed by atoms with Crippen LogP contribution in [0.5, 0.6) is 5.75 Å². The number of nitrogens with zero attached hydrogens (tertiary/aromatic N) is 1. The Balaban J connectivity index is 1.72. The molecule has 1 aliphatic carbocycles. The maximum atomic E-state index is 13.1. The van der Waals surface area contributed by atoms with Crippen LogP contribution in [0.2, 0.25) is 0 Å². The molecule has 3 unspecified atom stereocenters. The Morgan fingerprint density at radius 1 is 1.11 bits per heavy atom. The van der Waals surface area contributed by atoms with Crippen molar-refractivity contribution in [3.8, 4) is 5.75 Å². The lowest BCUT2D eigenvalue weighted by atomic mass is 9.57. The quantitative estimate of drug-likeness (QED) is 0.360. The summed E-state index contributed by atoms with van der Waals surface area (Å²) in [5.41, 5.74) is 1.25. The van der Waals surface area contributed by atoms with E-state index in [9.17, 15) is 14.4 Å². The Labute approximate surface area is 212 Å². The van der Waals surface area contributed by atoms with Crippen LogP contribution in [0.3, 0.4) is 0 Å². The van der Waals surface area contributed by atoms with E-state index in [4.69, 9.17) is 9.47 Å². The summed E-state index contributed by atoms with van der Waals surface area (Å²) in [6, 6.07) is 16.6. The number of esters is 2. The predicted octanol–water partition coefficient (Wildman–Crippen LogP) is 3.88. The van der Waals surface area contributed by atoms with Crippen molar-refractivity contribution < 1.29 is 23.9 Å². The van der Waals surface area contributed by atoms with E-state index < -0.39 is 0 Å². The number of amides is 1. The molecule has 1 heterocycles. The van der Waals surface area contributed by atoms with E-state index in [1.807, 2.05) is 36.4 Å². The first kappa shape index (κ1) is 25.6. The van der Waals surface area contributed by atoms with Crippen molar-refractivity contribution in [2.45, 2.75) is 50.7 Å². The summed E-state index contributed by atoms with van der Waals surface area (Å²) >= 11 is 0. The van der Waals surface area contributed by atoms with E-state index in [-0.39, 0.29) is 41.3 Å². The van der Waals surface area contributed by atoms with Crippen LogP contribution in [0.25, 0.3) is 0 Å². The molecule has 1 amide bonds. The topological polar surface area (TPSA) is 84.9 Å². The van der Waals surface area contributed by atoms with Gasteiger partial charge in [0, 0.05) is 56.3 Å². The molecule has 2 aliphatic rings. The zero-order chi connectivity index (χ0) is 25.7. The summed E-state index contributed by atoms with van der Waals surface area (Å²) in [5.74, 6) is -0.364. The van der Waals surface area contributed by atoms with E-state index in [2.05, 4.69) is 22.9 Å². The molecule has 1 saturated carbocycles. The van der Waals surface area contributed by atoms with Gasteiger partial charge in [0.25, 0.3) is 5.91 Å². The molecular formula is C29H34N2O5. The Hall–Kier alpha value is -3.45. The van der Waals surface area contributed by atoms with Crippen molar-refractivity contribution in [1.82, 2.24) is 10.2 Å². The minimum atomic E-state index is -0.378. The van der Waals surface area contributed by atoms with Gasteiger partial charge in [-0.3, -0.25) is 19.3 Å².